The second kappa shape index (κ2) is 5.65. The van der Waals surface area contributed by atoms with E-state index in [0.29, 0.717) is 6.04 Å². The van der Waals surface area contributed by atoms with Gasteiger partial charge in [-0.1, -0.05) is 6.42 Å². The van der Waals surface area contributed by atoms with E-state index < -0.39 is 0 Å². The van der Waals surface area contributed by atoms with E-state index in [9.17, 15) is 0 Å². The van der Waals surface area contributed by atoms with Gasteiger partial charge in [0.25, 0.3) is 0 Å². The lowest BCUT2D eigenvalue weighted by atomic mass is 9.99. The number of aryl methyl sites for hydroxylation is 2. The fourth-order valence-electron chi connectivity index (χ4n) is 2.81. The van der Waals surface area contributed by atoms with Gasteiger partial charge in [-0.3, -0.25) is 9.58 Å². The minimum Gasteiger partial charge on any atom is -0.330 e. The Bertz CT molecular complexity index is 356. The monoisotopic (exact) mass is 236 g/mol. The average molecular weight is 236 g/mol. The van der Waals surface area contributed by atoms with Gasteiger partial charge in [0, 0.05) is 19.6 Å². The van der Waals surface area contributed by atoms with E-state index in [0.717, 1.165) is 25.2 Å². The lowest BCUT2D eigenvalue weighted by molar-refractivity contribution is 0.131. The molecule has 0 aliphatic carbocycles. The molecule has 4 heteroatoms. The second-order valence-electron chi connectivity index (χ2n) is 5.10. The summed E-state index contributed by atoms with van der Waals surface area (Å²) in [7, 11) is 2.03. The van der Waals surface area contributed by atoms with Crippen LogP contribution in [0.3, 0.4) is 0 Å². The molecule has 96 valence electrons. The third-order valence-corrected chi connectivity index (χ3v) is 3.71. The standard InChI is InChI=1S/C13H24N4/c1-11-9-13(16(2)15-11)10-17-8-4-3-5-12(17)6-7-14/h9,12H,3-8,10,14H2,1-2H3. The van der Waals surface area contributed by atoms with E-state index in [2.05, 4.69) is 23.0 Å². The van der Waals surface area contributed by atoms with Crippen molar-refractivity contribution in [2.75, 3.05) is 13.1 Å². The second-order valence-corrected chi connectivity index (χ2v) is 5.10. The zero-order valence-electron chi connectivity index (χ0n) is 11.0. The van der Waals surface area contributed by atoms with Crippen molar-refractivity contribution in [1.29, 1.82) is 0 Å². The molecule has 0 bridgehead atoms. The van der Waals surface area contributed by atoms with Crippen LogP contribution in [0.1, 0.15) is 37.1 Å². The van der Waals surface area contributed by atoms with Crippen molar-refractivity contribution < 1.29 is 0 Å². The Morgan fingerprint density at radius 2 is 2.29 bits per heavy atom. The summed E-state index contributed by atoms with van der Waals surface area (Å²) in [5.41, 5.74) is 8.12. The van der Waals surface area contributed by atoms with Crippen molar-refractivity contribution in [1.82, 2.24) is 14.7 Å². The van der Waals surface area contributed by atoms with Gasteiger partial charge in [-0.15, -0.1) is 0 Å². The molecule has 1 unspecified atom stereocenters. The number of nitrogens with two attached hydrogens (primary N) is 1. The predicted molar refractivity (Wildman–Crippen MR) is 69.7 cm³/mol. The maximum atomic E-state index is 5.70. The van der Waals surface area contributed by atoms with Crippen molar-refractivity contribution in [3.8, 4) is 0 Å². The molecule has 2 heterocycles. The average Bonchev–Trinajstić information content (AvgIpc) is 2.61. The smallest absolute Gasteiger partial charge is 0.0597 e. The van der Waals surface area contributed by atoms with Crippen LogP contribution < -0.4 is 5.73 Å². The van der Waals surface area contributed by atoms with Gasteiger partial charge in [0.2, 0.25) is 0 Å². The van der Waals surface area contributed by atoms with Crippen molar-refractivity contribution in [3.63, 3.8) is 0 Å². The summed E-state index contributed by atoms with van der Waals surface area (Å²) in [5, 5.41) is 4.41. The van der Waals surface area contributed by atoms with Crippen LogP contribution in [0.15, 0.2) is 6.07 Å². The van der Waals surface area contributed by atoms with Crippen molar-refractivity contribution in [3.05, 3.63) is 17.5 Å². The van der Waals surface area contributed by atoms with Gasteiger partial charge in [0.15, 0.2) is 0 Å². The van der Waals surface area contributed by atoms with Gasteiger partial charge in [0.1, 0.15) is 0 Å². The first-order valence-electron chi connectivity index (χ1n) is 6.64. The third-order valence-electron chi connectivity index (χ3n) is 3.71. The van der Waals surface area contributed by atoms with Crippen molar-refractivity contribution in [2.45, 2.75) is 45.2 Å². The number of hydrogen-bond acceptors (Lipinski definition) is 3. The molecule has 1 aromatic rings. The summed E-state index contributed by atoms with van der Waals surface area (Å²) in [6, 6.07) is 2.86. The molecule has 1 atom stereocenters. The molecule has 1 saturated heterocycles. The summed E-state index contributed by atoms with van der Waals surface area (Å²) in [5.74, 6) is 0. The first-order chi connectivity index (χ1) is 8.20. The van der Waals surface area contributed by atoms with Gasteiger partial charge in [0.05, 0.1) is 11.4 Å². The highest BCUT2D eigenvalue weighted by atomic mass is 15.3. The van der Waals surface area contributed by atoms with Gasteiger partial charge in [-0.25, -0.2) is 0 Å². The Balaban J connectivity index is 2.02. The zero-order valence-corrected chi connectivity index (χ0v) is 11.0. The van der Waals surface area contributed by atoms with E-state index in [4.69, 9.17) is 5.73 Å². The molecule has 0 radical (unpaired) electrons. The number of hydrogen-bond donors (Lipinski definition) is 1. The van der Waals surface area contributed by atoms with E-state index in [1.54, 1.807) is 0 Å². The summed E-state index contributed by atoms with van der Waals surface area (Å²) in [4.78, 5) is 2.58. The first-order valence-corrected chi connectivity index (χ1v) is 6.64. The lowest BCUT2D eigenvalue weighted by Gasteiger charge is -2.35. The summed E-state index contributed by atoms with van der Waals surface area (Å²) >= 11 is 0. The molecule has 0 saturated carbocycles. The number of rotatable bonds is 4. The highest BCUT2D eigenvalue weighted by Crippen LogP contribution is 2.21. The summed E-state index contributed by atoms with van der Waals surface area (Å²) in [6.07, 6.45) is 5.09. The number of nitrogens with zero attached hydrogens (tertiary/aromatic N) is 3. The van der Waals surface area contributed by atoms with Crippen LogP contribution in [0.5, 0.6) is 0 Å². The third kappa shape index (κ3) is 3.07. The Morgan fingerprint density at radius 3 is 2.94 bits per heavy atom. The molecule has 2 N–H and O–H groups in total. The SMILES string of the molecule is Cc1cc(CN2CCCCC2CCN)n(C)n1. The molecule has 4 nitrogen and oxygen atoms in total. The van der Waals surface area contributed by atoms with Crippen LogP contribution in [0, 0.1) is 6.92 Å². The Hall–Kier alpha value is -0.870. The highest BCUT2D eigenvalue weighted by Gasteiger charge is 2.22. The number of likely N-dealkylation sites (tertiary alicyclic amines) is 1. The maximum absolute atomic E-state index is 5.70. The largest absolute Gasteiger partial charge is 0.330 e. The van der Waals surface area contributed by atoms with E-state index >= 15 is 0 Å². The summed E-state index contributed by atoms with van der Waals surface area (Å²) < 4.78 is 2.00. The quantitative estimate of drug-likeness (QED) is 0.860. The van der Waals surface area contributed by atoms with Gasteiger partial charge < -0.3 is 5.73 Å². The van der Waals surface area contributed by atoms with Crippen molar-refractivity contribution >= 4 is 0 Å². The van der Waals surface area contributed by atoms with E-state index in [1.165, 1.54) is 31.5 Å². The molecule has 0 aromatic carbocycles. The minimum atomic E-state index is 0.670. The van der Waals surface area contributed by atoms with E-state index in [-0.39, 0.29) is 0 Å². The Kier molecular flexibility index (Phi) is 4.18. The molecule has 2 rings (SSSR count). The topological polar surface area (TPSA) is 47.1 Å². The molecule has 1 aliphatic rings. The van der Waals surface area contributed by atoms with Crippen LogP contribution in [0.25, 0.3) is 0 Å². The predicted octanol–water partition coefficient (Wildman–Crippen LogP) is 1.43. The van der Waals surface area contributed by atoms with Crippen LogP contribution in [0.4, 0.5) is 0 Å². The van der Waals surface area contributed by atoms with Crippen LogP contribution in [-0.4, -0.2) is 33.8 Å². The molecule has 0 amide bonds. The normalized spacial score (nSPS) is 21.9. The minimum absolute atomic E-state index is 0.670. The molecule has 17 heavy (non-hydrogen) atoms. The molecular formula is C13H24N4. The van der Waals surface area contributed by atoms with E-state index in [1.807, 2.05) is 11.7 Å². The first kappa shape index (κ1) is 12.6. The van der Waals surface area contributed by atoms with Crippen LogP contribution in [0.2, 0.25) is 0 Å². The summed E-state index contributed by atoms with van der Waals surface area (Å²) in [6.45, 7) is 5.07. The number of piperidine rings is 1. The number of aromatic nitrogens is 2. The molecule has 1 aliphatic heterocycles. The fourth-order valence-corrected chi connectivity index (χ4v) is 2.81. The van der Waals surface area contributed by atoms with Crippen molar-refractivity contribution in [2.24, 2.45) is 12.8 Å². The van der Waals surface area contributed by atoms with Crippen LogP contribution >= 0.6 is 0 Å². The molecule has 1 fully saturated rings. The Morgan fingerprint density at radius 1 is 1.47 bits per heavy atom. The van der Waals surface area contributed by atoms with Gasteiger partial charge in [-0.2, -0.15) is 5.10 Å². The molecular weight excluding hydrogens is 212 g/mol. The zero-order chi connectivity index (χ0) is 12.3. The Labute approximate surface area is 104 Å². The van der Waals surface area contributed by atoms with Gasteiger partial charge >= 0.3 is 0 Å². The molecule has 0 spiro atoms. The lowest BCUT2D eigenvalue weighted by Crippen LogP contribution is -2.40. The van der Waals surface area contributed by atoms with Crippen LogP contribution in [-0.2, 0) is 13.6 Å². The van der Waals surface area contributed by atoms with Gasteiger partial charge in [-0.05, 0) is 45.3 Å². The highest BCUT2D eigenvalue weighted by molar-refractivity contribution is 5.08. The molecule has 1 aromatic heterocycles. The fraction of sp³-hybridized carbons (Fsp3) is 0.769. The maximum Gasteiger partial charge on any atom is 0.0597 e.